The molecule has 1 atom stereocenters. The Morgan fingerprint density at radius 2 is 1.38 bits per heavy atom. The van der Waals surface area contributed by atoms with Crippen LogP contribution in [0.3, 0.4) is 0 Å². The van der Waals surface area contributed by atoms with Crippen LogP contribution in [-0.2, 0) is 32.6 Å². The van der Waals surface area contributed by atoms with Gasteiger partial charge in [0.15, 0.2) is 0 Å². The molecule has 0 bridgehead atoms. The van der Waals surface area contributed by atoms with Crippen molar-refractivity contribution < 1.29 is 18.0 Å². The van der Waals surface area contributed by atoms with Gasteiger partial charge in [0, 0.05) is 24.0 Å². The number of sulfonamides is 1. The summed E-state index contributed by atoms with van der Waals surface area (Å²) in [6, 6.07) is 30.3. The van der Waals surface area contributed by atoms with Crippen molar-refractivity contribution in [2.45, 2.75) is 55.6 Å². The van der Waals surface area contributed by atoms with E-state index < -0.39 is 28.5 Å². The summed E-state index contributed by atoms with van der Waals surface area (Å²) in [5, 5.41) is 3.57. The maximum Gasteiger partial charge on any atom is 0.264 e. The number of carbonyl (C=O) groups excluding carboxylic acids is 2. The smallest absolute Gasteiger partial charge is 0.264 e. The predicted molar refractivity (Wildman–Crippen MR) is 179 cm³/mol. The van der Waals surface area contributed by atoms with E-state index in [-0.39, 0.29) is 40.5 Å². The Kier molecular flexibility index (Phi) is 10.8. The van der Waals surface area contributed by atoms with Gasteiger partial charge in [-0.3, -0.25) is 13.9 Å². The number of nitrogens with one attached hydrogen (secondary N) is 1. The van der Waals surface area contributed by atoms with Gasteiger partial charge < -0.3 is 10.2 Å². The van der Waals surface area contributed by atoms with E-state index in [1.54, 1.807) is 18.2 Å². The number of hydrogen-bond acceptors (Lipinski definition) is 4. The van der Waals surface area contributed by atoms with Crippen LogP contribution in [0.2, 0.25) is 10.0 Å². The molecule has 0 heterocycles. The zero-order valence-corrected chi connectivity index (χ0v) is 27.0. The highest BCUT2D eigenvalue weighted by Gasteiger charge is 2.36. The molecule has 1 N–H and O–H groups in total. The van der Waals surface area contributed by atoms with Crippen molar-refractivity contribution in [3.8, 4) is 0 Å². The topological polar surface area (TPSA) is 86.8 Å². The molecule has 5 rings (SSSR count). The summed E-state index contributed by atoms with van der Waals surface area (Å²) < 4.78 is 29.2. The van der Waals surface area contributed by atoms with Gasteiger partial charge in [-0.05, 0) is 54.3 Å². The summed E-state index contributed by atoms with van der Waals surface area (Å²) in [5.74, 6) is -0.816. The van der Waals surface area contributed by atoms with Crippen LogP contribution < -0.4 is 9.62 Å². The standard InChI is InChI=1S/C35H35Cl2N3O4S/c36-28-20-21-32(31(37)23-28)40(45(43,44)30-18-8-3-9-19-30)25-34(41)39(24-27-14-6-2-7-15-27)33(22-26-12-4-1-5-13-26)35(42)38-29-16-10-11-17-29/h1-9,12-15,18-21,23,29,33H,10-11,16-17,22,24-25H2,(H,38,42)/t33-/m1/s1. The summed E-state index contributed by atoms with van der Waals surface area (Å²) in [5.41, 5.74) is 1.79. The predicted octanol–water partition coefficient (Wildman–Crippen LogP) is 6.89. The zero-order chi connectivity index (χ0) is 31.8. The molecule has 1 saturated carbocycles. The molecule has 7 nitrogen and oxygen atoms in total. The number of benzene rings is 4. The van der Waals surface area contributed by atoms with Crippen molar-refractivity contribution in [2.24, 2.45) is 0 Å². The second-order valence-corrected chi connectivity index (χ2v) is 13.8. The van der Waals surface area contributed by atoms with E-state index >= 15 is 0 Å². The molecule has 0 aromatic heterocycles. The van der Waals surface area contributed by atoms with Crippen LogP contribution in [-0.4, -0.2) is 43.8 Å². The van der Waals surface area contributed by atoms with Crippen LogP contribution in [0, 0.1) is 0 Å². The molecule has 0 spiro atoms. The normalized spacial score (nSPS) is 14.1. The zero-order valence-electron chi connectivity index (χ0n) is 24.7. The first-order valence-corrected chi connectivity index (χ1v) is 17.1. The molecule has 45 heavy (non-hydrogen) atoms. The van der Waals surface area contributed by atoms with Crippen LogP contribution in [0.25, 0.3) is 0 Å². The Morgan fingerprint density at radius 1 is 0.800 bits per heavy atom. The van der Waals surface area contributed by atoms with E-state index in [2.05, 4.69) is 5.32 Å². The van der Waals surface area contributed by atoms with Crippen LogP contribution in [0.1, 0.15) is 36.8 Å². The third kappa shape index (κ3) is 8.25. The highest BCUT2D eigenvalue weighted by molar-refractivity contribution is 7.92. The Labute approximate surface area is 274 Å². The van der Waals surface area contributed by atoms with E-state index in [0.717, 1.165) is 41.1 Å². The number of hydrogen-bond donors (Lipinski definition) is 1. The lowest BCUT2D eigenvalue weighted by Gasteiger charge is -2.34. The third-order valence-corrected chi connectivity index (χ3v) is 10.3. The first-order valence-electron chi connectivity index (χ1n) is 14.9. The third-order valence-electron chi connectivity index (χ3n) is 7.96. The molecule has 1 aliphatic carbocycles. The second kappa shape index (κ2) is 15.0. The van der Waals surface area contributed by atoms with Crippen molar-refractivity contribution in [1.29, 1.82) is 0 Å². The first-order chi connectivity index (χ1) is 21.7. The largest absolute Gasteiger partial charge is 0.352 e. The fourth-order valence-corrected chi connectivity index (χ4v) is 7.63. The number of rotatable bonds is 12. The van der Waals surface area contributed by atoms with Gasteiger partial charge in [0.2, 0.25) is 11.8 Å². The molecule has 1 fully saturated rings. The van der Waals surface area contributed by atoms with Gasteiger partial charge in [0.1, 0.15) is 12.6 Å². The lowest BCUT2D eigenvalue weighted by Crippen LogP contribution is -2.54. The molecule has 4 aromatic carbocycles. The summed E-state index contributed by atoms with van der Waals surface area (Å²) in [4.78, 5) is 30.1. The Morgan fingerprint density at radius 3 is 1.98 bits per heavy atom. The second-order valence-electron chi connectivity index (χ2n) is 11.1. The molecule has 0 saturated heterocycles. The van der Waals surface area contributed by atoms with Crippen molar-refractivity contribution in [1.82, 2.24) is 10.2 Å². The lowest BCUT2D eigenvalue weighted by atomic mass is 10.0. The quantitative estimate of drug-likeness (QED) is 0.179. The van der Waals surface area contributed by atoms with Crippen LogP contribution in [0.4, 0.5) is 5.69 Å². The first kappa shape index (κ1) is 32.5. The maximum atomic E-state index is 14.5. The van der Waals surface area contributed by atoms with Gasteiger partial charge in [0.25, 0.3) is 10.0 Å². The van der Waals surface area contributed by atoms with Crippen molar-refractivity contribution in [3.05, 3.63) is 130 Å². The number of anilines is 1. The summed E-state index contributed by atoms with van der Waals surface area (Å²) in [7, 11) is -4.26. The van der Waals surface area contributed by atoms with E-state index in [1.807, 2.05) is 60.7 Å². The minimum Gasteiger partial charge on any atom is -0.352 e. The monoisotopic (exact) mass is 663 g/mol. The Balaban J connectivity index is 1.57. The van der Waals surface area contributed by atoms with E-state index in [1.165, 1.54) is 35.2 Å². The van der Waals surface area contributed by atoms with Crippen molar-refractivity contribution in [3.63, 3.8) is 0 Å². The molecule has 10 heteroatoms. The number of carbonyl (C=O) groups is 2. The summed E-state index contributed by atoms with van der Waals surface area (Å²) >= 11 is 12.7. The van der Waals surface area contributed by atoms with Crippen LogP contribution >= 0.6 is 23.2 Å². The lowest BCUT2D eigenvalue weighted by molar-refractivity contribution is -0.140. The highest BCUT2D eigenvalue weighted by Crippen LogP contribution is 2.33. The van der Waals surface area contributed by atoms with Gasteiger partial charge in [0.05, 0.1) is 15.6 Å². The molecule has 4 aromatic rings. The molecule has 0 aliphatic heterocycles. The van der Waals surface area contributed by atoms with Crippen molar-refractivity contribution >= 4 is 50.7 Å². The number of amides is 2. The van der Waals surface area contributed by atoms with Gasteiger partial charge in [-0.25, -0.2) is 8.42 Å². The average molecular weight is 665 g/mol. The minimum atomic E-state index is -4.26. The SMILES string of the molecule is O=C(NC1CCCC1)[C@@H](Cc1ccccc1)N(Cc1ccccc1)C(=O)CN(c1ccc(Cl)cc1Cl)S(=O)(=O)c1ccccc1. The maximum absolute atomic E-state index is 14.5. The average Bonchev–Trinajstić information content (AvgIpc) is 3.56. The molecular formula is C35H35Cl2N3O4S. The van der Waals surface area contributed by atoms with Crippen LogP contribution in [0.15, 0.2) is 114 Å². The molecule has 0 radical (unpaired) electrons. The van der Waals surface area contributed by atoms with Crippen molar-refractivity contribution in [2.75, 3.05) is 10.8 Å². The minimum absolute atomic E-state index is 0.00163. The Hall–Kier alpha value is -3.85. The molecule has 1 aliphatic rings. The molecule has 2 amide bonds. The molecule has 0 unspecified atom stereocenters. The molecule has 234 valence electrons. The number of halogens is 2. The fourth-order valence-electron chi connectivity index (χ4n) is 5.62. The van der Waals surface area contributed by atoms with Gasteiger partial charge in [-0.1, -0.05) is 115 Å². The Bertz CT molecular complexity index is 1700. The van der Waals surface area contributed by atoms with E-state index in [9.17, 15) is 18.0 Å². The van der Waals surface area contributed by atoms with Crippen LogP contribution in [0.5, 0.6) is 0 Å². The van der Waals surface area contributed by atoms with E-state index in [4.69, 9.17) is 23.2 Å². The van der Waals surface area contributed by atoms with Gasteiger partial charge >= 0.3 is 0 Å². The van der Waals surface area contributed by atoms with Gasteiger partial charge in [-0.15, -0.1) is 0 Å². The summed E-state index contributed by atoms with van der Waals surface area (Å²) in [6.07, 6.45) is 4.10. The number of nitrogens with zero attached hydrogens (tertiary/aromatic N) is 2. The van der Waals surface area contributed by atoms with Gasteiger partial charge in [-0.2, -0.15) is 0 Å². The molecular weight excluding hydrogens is 629 g/mol. The van der Waals surface area contributed by atoms with E-state index in [0.29, 0.717) is 5.02 Å². The highest BCUT2D eigenvalue weighted by atomic mass is 35.5. The summed E-state index contributed by atoms with van der Waals surface area (Å²) in [6.45, 7) is -0.490. The fraction of sp³-hybridized carbons (Fsp3) is 0.257.